The fraction of sp³-hybridized carbons (Fsp3) is 0.423. The second-order valence-corrected chi connectivity index (χ2v) is 9.75. The number of phenols is 1. The lowest BCUT2D eigenvalue weighted by atomic mass is 9.48. The van der Waals surface area contributed by atoms with Crippen LogP contribution in [0.15, 0.2) is 55.1 Å². The SMILES string of the molecule is C=CCN1CC[C@]23c4c5ccc(O)c4O[C@H]2C(NNC(=O)c2ccccc2)CC[C@@]3(O)[C@H]1C5. The van der Waals surface area contributed by atoms with Gasteiger partial charge in [0.15, 0.2) is 11.5 Å². The summed E-state index contributed by atoms with van der Waals surface area (Å²) >= 11 is 0. The minimum atomic E-state index is -0.980. The van der Waals surface area contributed by atoms with E-state index in [9.17, 15) is 15.0 Å². The van der Waals surface area contributed by atoms with E-state index in [0.29, 0.717) is 37.0 Å². The van der Waals surface area contributed by atoms with E-state index in [1.165, 1.54) is 0 Å². The molecule has 7 nitrogen and oxygen atoms in total. The van der Waals surface area contributed by atoms with Crippen LogP contribution in [0.2, 0.25) is 0 Å². The Balaban J connectivity index is 1.37. The normalized spacial score (nSPS) is 33.7. The highest BCUT2D eigenvalue weighted by molar-refractivity contribution is 5.93. The Bertz CT molecular complexity index is 1120. The van der Waals surface area contributed by atoms with Crippen molar-refractivity contribution in [3.05, 3.63) is 71.8 Å². The third-order valence-electron chi connectivity index (χ3n) is 8.34. The summed E-state index contributed by atoms with van der Waals surface area (Å²) in [5.41, 5.74) is 7.11. The van der Waals surface area contributed by atoms with E-state index in [4.69, 9.17) is 4.74 Å². The van der Waals surface area contributed by atoms with E-state index in [1.54, 1.807) is 18.2 Å². The first-order valence-corrected chi connectivity index (χ1v) is 11.7. The molecule has 2 aliphatic carbocycles. The number of hydrazine groups is 1. The summed E-state index contributed by atoms with van der Waals surface area (Å²) in [5, 5.41) is 23.0. The van der Waals surface area contributed by atoms with E-state index < -0.39 is 17.1 Å². The fourth-order valence-corrected chi connectivity index (χ4v) is 6.98. The van der Waals surface area contributed by atoms with Crippen molar-refractivity contribution in [1.82, 2.24) is 15.8 Å². The number of phenolic OH excluding ortho intramolecular Hbond substituents is 1. The maximum Gasteiger partial charge on any atom is 0.265 e. The molecule has 2 aromatic rings. The van der Waals surface area contributed by atoms with Crippen LogP contribution >= 0.6 is 0 Å². The largest absolute Gasteiger partial charge is 0.504 e. The average molecular weight is 448 g/mol. The summed E-state index contributed by atoms with van der Waals surface area (Å²) in [6.07, 6.45) is 4.15. The Labute approximate surface area is 193 Å². The van der Waals surface area contributed by atoms with Crippen molar-refractivity contribution in [3.63, 3.8) is 0 Å². The third-order valence-corrected chi connectivity index (χ3v) is 8.34. The lowest BCUT2D eigenvalue weighted by molar-refractivity contribution is -0.190. The predicted molar refractivity (Wildman–Crippen MR) is 123 cm³/mol. The molecule has 5 atom stereocenters. The molecule has 2 bridgehead atoms. The van der Waals surface area contributed by atoms with E-state index in [0.717, 1.165) is 24.2 Å². The molecule has 2 aromatic carbocycles. The van der Waals surface area contributed by atoms with Crippen molar-refractivity contribution in [2.75, 3.05) is 13.1 Å². The Morgan fingerprint density at radius 1 is 1.24 bits per heavy atom. The smallest absolute Gasteiger partial charge is 0.265 e. The molecule has 2 fully saturated rings. The minimum Gasteiger partial charge on any atom is -0.504 e. The summed E-state index contributed by atoms with van der Waals surface area (Å²) in [6, 6.07) is 12.5. The van der Waals surface area contributed by atoms with E-state index in [2.05, 4.69) is 22.3 Å². The Morgan fingerprint density at radius 2 is 2.06 bits per heavy atom. The molecule has 7 heteroatoms. The quantitative estimate of drug-likeness (QED) is 0.414. The van der Waals surface area contributed by atoms with Crippen LogP contribution in [-0.4, -0.2) is 57.9 Å². The number of likely N-dealkylation sites (tertiary alicyclic amines) is 1. The summed E-state index contributed by atoms with van der Waals surface area (Å²) in [7, 11) is 0. The number of carbonyl (C=O) groups is 1. The predicted octanol–water partition coefficient (Wildman–Crippen LogP) is 2.04. The third kappa shape index (κ3) is 2.70. The van der Waals surface area contributed by atoms with Gasteiger partial charge >= 0.3 is 0 Å². The van der Waals surface area contributed by atoms with Crippen LogP contribution in [0.4, 0.5) is 0 Å². The average Bonchev–Trinajstić information content (AvgIpc) is 3.18. The molecule has 0 aromatic heterocycles. The van der Waals surface area contributed by atoms with E-state index in [-0.39, 0.29) is 23.7 Å². The number of hydrogen-bond donors (Lipinski definition) is 4. The lowest BCUT2D eigenvalue weighted by Crippen LogP contribution is -2.78. The number of aromatic hydroxyl groups is 1. The van der Waals surface area contributed by atoms with Crippen LogP contribution in [-0.2, 0) is 11.8 Å². The monoisotopic (exact) mass is 447 g/mol. The molecule has 172 valence electrons. The van der Waals surface area contributed by atoms with Gasteiger partial charge in [-0.05, 0) is 56.0 Å². The van der Waals surface area contributed by atoms with Gasteiger partial charge in [0.25, 0.3) is 5.91 Å². The van der Waals surface area contributed by atoms with Gasteiger partial charge in [-0.2, -0.15) is 0 Å². The van der Waals surface area contributed by atoms with Gasteiger partial charge in [-0.15, -0.1) is 6.58 Å². The molecule has 6 rings (SSSR count). The van der Waals surface area contributed by atoms with Crippen LogP contribution in [0, 0.1) is 0 Å². The zero-order valence-corrected chi connectivity index (χ0v) is 18.5. The molecule has 2 aliphatic heterocycles. The molecule has 1 saturated carbocycles. The number of nitrogens with zero attached hydrogens (tertiary/aromatic N) is 1. The van der Waals surface area contributed by atoms with Crippen molar-refractivity contribution in [2.24, 2.45) is 0 Å². The van der Waals surface area contributed by atoms with Crippen molar-refractivity contribution in [1.29, 1.82) is 0 Å². The van der Waals surface area contributed by atoms with Crippen LogP contribution in [0.25, 0.3) is 0 Å². The molecule has 1 amide bonds. The number of ether oxygens (including phenoxy) is 1. The van der Waals surface area contributed by atoms with Gasteiger partial charge in [0.2, 0.25) is 0 Å². The topological polar surface area (TPSA) is 94.1 Å². The number of rotatable bonds is 5. The molecule has 4 aliphatic rings. The molecule has 33 heavy (non-hydrogen) atoms. The summed E-state index contributed by atoms with van der Waals surface area (Å²) in [4.78, 5) is 15.0. The van der Waals surface area contributed by atoms with Crippen LogP contribution in [0.5, 0.6) is 11.5 Å². The first-order valence-electron chi connectivity index (χ1n) is 11.7. The molecule has 1 saturated heterocycles. The highest BCUT2D eigenvalue weighted by Crippen LogP contribution is 2.65. The van der Waals surface area contributed by atoms with Crippen LogP contribution in [0.1, 0.15) is 40.7 Å². The molecule has 0 radical (unpaired) electrons. The van der Waals surface area contributed by atoms with E-state index in [1.807, 2.05) is 30.3 Å². The lowest BCUT2D eigenvalue weighted by Gasteiger charge is -2.64. The van der Waals surface area contributed by atoms with Gasteiger partial charge < -0.3 is 14.9 Å². The number of piperidine rings is 1. The number of amides is 1. The van der Waals surface area contributed by atoms with Gasteiger partial charge in [0, 0.05) is 23.7 Å². The summed E-state index contributed by atoms with van der Waals surface area (Å²) in [5.74, 6) is 0.392. The number of benzene rings is 2. The van der Waals surface area contributed by atoms with E-state index >= 15 is 0 Å². The molecular weight excluding hydrogens is 418 g/mol. The highest BCUT2D eigenvalue weighted by atomic mass is 16.5. The van der Waals surface area contributed by atoms with Crippen molar-refractivity contribution < 1.29 is 19.7 Å². The molecule has 2 heterocycles. The van der Waals surface area contributed by atoms with Crippen molar-refractivity contribution in [2.45, 2.75) is 54.9 Å². The zero-order chi connectivity index (χ0) is 22.8. The highest BCUT2D eigenvalue weighted by Gasteiger charge is 2.72. The second-order valence-electron chi connectivity index (χ2n) is 9.75. The Kier molecular flexibility index (Phi) is 4.59. The molecular formula is C26H29N3O4. The molecule has 1 unspecified atom stereocenters. The number of carbonyl (C=O) groups excluding carboxylic acids is 1. The first kappa shape index (κ1) is 20.7. The van der Waals surface area contributed by atoms with Gasteiger partial charge in [-0.25, -0.2) is 5.43 Å². The number of aliphatic hydroxyl groups is 1. The Morgan fingerprint density at radius 3 is 2.85 bits per heavy atom. The number of hydrogen-bond acceptors (Lipinski definition) is 6. The number of nitrogens with one attached hydrogen (secondary N) is 2. The molecule has 1 spiro atoms. The zero-order valence-electron chi connectivity index (χ0n) is 18.5. The van der Waals surface area contributed by atoms with Gasteiger partial charge in [-0.1, -0.05) is 30.3 Å². The first-order chi connectivity index (χ1) is 16.0. The maximum atomic E-state index is 12.7. The summed E-state index contributed by atoms with van der Waals surface area (Å²) in [6.45, 7) is 5.46. The van der Waals surface area contributed by atoms with Crippen LogP contribution in [0.3, 0.4) is 0 Å². The van der Waals surface area contributed by atoms with Gasteiger partial charge in [0.05, 0.1) is 17.1 Å². The maximum absolute atomic E-state index is 12.7. The molecule has 4 N–H and O–H groups in total. The fourth-order valence-electron chi connectivity index (χ4n) is 6.98. The van der Waals surface area contributed by atoms with Gasteiger partial charge in [0.1, 0.15) is 6.10 Å². The standard InChI is InChI=1S/C26H29N3O4/c1-2-13-29-14-12-25-21-17-8-9-19(30)22(21)33-23(25)18(10-11-26(25,32)20(29)15-17)27-28-24(31)16-6-4-3-5-7-16/h2-9,18,20,23,27,30,32H,1,10-15H2,(H,28,31)/t18?,20-,23+,25+,26-/m1/s1. The van der Waals surface area contributed by atoms with Crippen molar-refractivity contribution >= 4 is 5.91 Å². The second kappa shape index (κ2) is 7.32. The van der Waals surface area contributed by atoms with Crippen LogP contribution < -0.4 is 15.6 Å². The minimum absolute atomic E-state index is 0.0433. The van der Waals surface area contributed by atoms with Gasteiger partial charge in [-0.3, -0.25) is 15.1 Å². The summed E-state index contributed by atoms with van der Waals surface area (Å²) < 4.78 is 6.46. The Hall–Kier alpha value is -2.87. The van der Waals surface area contributed by atoms with Crippen molar-refractivity contribution in [3.8, 4) is 11.5 Å².